The Hall–Kier alpha value is -5.14. The quantitative estimate of drug-likeness (QED) is 0.207. The van der Waals surface area contributed by atoms with E-state index in [9.17, 15) is 0 Å². The second-order valence-electron chi connectivity index (χ2n) is 10.9. The van der Waals surface area contributed by atoms with Crippen LogP contribution in [-0.2, 0) is 0 Å². The highest BCUT2D eigenvalue weighted by Crippen LogP contribution is 2.48. The van der Waals surface area contributed by atoms with Crippen LogP contribution >= 0.6 is 0 Å². The van der Waals surface area contributed by atoms with Gasteiger partial charge in [-0.1, -0.05) is 133 Å². The van der Waals surface area contributed by atoms with E-state index in [1.54, 1.807) is 0 Å². The monoisotopic (exact) mass is 523 g/mol. The van der Waals surface area contributed by atoms with E-state index in [-0.39, 0.29) is 0 Å². The Morgan fingerprint density at radius 3 is 1.22 bits per heavy atom. The molecule has 8 rings (SSSR count). The van der Waals surface area contributed by atoms with E-state index in [4.69, 9.17) is 0 Å². The fraction of sp³-hybridized carbons (Fsp3) is 0.0500. The third kappa shape index (κ3) is 4.01. The summed E-state index contributed by atoms with van der Waals surface area (Å²) in [5, 5.41) is 10.1. The average molecular weight is 524 g/mol. The Labute approximate surface area is 240 Å². The van der Waals surface area contributed by atoms with Gasteiger partial charge in [0.15, 0.2) is 0 Å². The maximum atomic E-state index is 2.59. The minimum atomic E-state index is 0.954. The van der Waals surface area contributed by atoms with Gasteiger partial charge in [-0.3, -0.25) is 0 Å². The minimum absolute atomic E-state index is 0.954. The molecule has 0 N–H and O–H groups in total. The van der Waals surface area contributed by atoms with Crippen molar-refractivity contribution in [2.75, 3.05) is 4.90 Å². The summed E-state index contributed by atoms with van der Waals surface area (Å²) < 4.78 is 0. The predicted molar refractivity (Wildman–Crippen MR) is 177 cm³/mol. The molecule has 0 unspecified atom stereocenters. The van der Waals surface area contributed by atoms with Gasteiger partial charge in [0, 0.05) is 27.2 Å². The fourth-order valence-corrected chi connectivity index (χ4v) is 6.57. The molecule has 0 fully saturated rings. The predicted octanol–water partition coefficient (Wildman–Crippen LogP) is 11.2. The Balaban J connectivity index is 1.50. The fourth-order valence-electron chi connectivity index (χ4n) is 6.57. The van der Waals surface area contributed by atoms with Crippen LogP contribution in [0.5, 0.6) is 0 Å². The molecule has 0 saturated heterocycles. The zero-order valence-electron chi connectivity index (χ0n) is 22.8. The van der Waals surface area contributed by atoms with Crippen LogP contribution in [0.4, 0.5) is 11.4 Å². The number of rotatable bonds is 4. The molecule has 0 spiro atoms. The van der Waals surface area contributed by atoms with E-state index in [1.165, 1.54) is 71.3 Å². The van der Waals surface area contributed by atoms with Gasteiger partial charge in [0.05, 0.1) is 11.4 Å². The second-order valence-corrected chi connectivity index (χ2v) is 10.9. The Bertz CT molecular complexity index is 1920. The molecule has 0 atom stereocenters. The highest BCUT2D eigenvalue weighted by Gasteiger charge is 2.25. The average Bonchev–Trinajstić information content (AvgIpc) is 3.05. The van der Waals surface area contributed by atoms with Crippen molar-refractivity contribution in [3.05, 3.63) is 163 Å². The zero-order valence-corrected chi connectivity index (χ0v) is 22.8. The lowest BCUT2D eigenvalue weighted by molar-refractivity contribution is 0.937. The SMILES string of the molecule is C1=C(c2ccccc2)CCC(N(c2c3ccccc3cc3ccccc23)c2c3ccccc3cc3ccccc23)=C1. The first-order chi connectivity index (χ1) is 20.3. The van der Waals surface area contributed by atoms with Crippen molar-refractivity contribution in [3.8, 4) is 0 Å². The second kappa shape index (κ2) is 9.80. The molecule has 0 aromatic heterocycles. The molecule has 0 saturated carbocycles. The van der Waals surface area contributed by atoms with Crippen LogP contribution in [-0.4, -0.2) is 0 Å². The molecule has 1 aliphatic carbocycles. The number of fused-ring (bicyclic) bond motifs is 4. The first kappa shape index (κ1) is 23.7. The number of hydrogen-bond donors (Lipinski definition) is 0. The van der Waals surface area contributed by atoms with E-state index < -0.39 is 0 Å². The van der Waals surface area contributed by atoms with E-state index in [1.807, 2.05) is 0 Å². The smallest absolute Gasteiger partial charge is 0.0615 e. The topological polar surface area (TPSA) is 3.24 Å². The largest absolute Gasteiger partial charge is 0.312 e. The summed E-state index contributed by atoms with van der Waals surface area (Å²) >= 11 is 0. The van der Waals surface area contributed by atoms with E-state index in [0.717, 1.165) is 12.8 Å². The third-order valence-electron chi connectivity index (χ3n) is 8.49. The Morgan fingerprint density at radius 1 is 0.390 bits per heavy atom. The molecular formula is C40H29N. The van der Waals surface area contributed by atoms with E-state index >= 15 is 0 Å². The molecule has 0 amide bonds. The minimum Gasteiger partial charge on any atom is -0.312 e. The van der Waals surface area contributed by atoms with Crippen LogP contribution in [0.1, 0.15) is 18.4 Å². The third-order valence-corrected chi connectivity index (χ3v) is 8.49. The standard InChI is InChI=1S/C40H29N/c1-2-12-28(13-3-1)29-22-24-34(25-23-29)41(39-35-18-8-4-14-30(35)26-31-15-5-9-19-36(31)39)40-37-20-10-6-16-32(37)27-33-17-7-11-21-38(33)40/h1-22,24,26-27H,23,25H2. The molecule has 1 heteroatoms. The molecule has 7 aromatic rings. The van der Waals surface area contributed by atoms with Gasteiger partial charge >= 0.3 is 0 Å². The van der Waals surface area contributed by atoms with E-state index in [0.29, 0.717) is 0 Å². The molecule has 1 aliphatic rings. The summed E-state index contributed by atoms with van der Waals surface area (Å²) in [4.78, 5) is 2.59. The molecule has 7 aromatic carbocycles. The van der Waals surface area contributed by atoms with Crippen LogP contribution in [0.3, 0.4) is 0 Å². The summed E-state index contributed by atoms with van der Waals surface area (Å²) in [6, 6.07) is 50.8. The lowest BCUT2D eigenvalue weighted by atomic mass is 9.92. The number of hydrogen-bond acceptors (Lipinski definition) is 1. The molecule has 0 radical (unpaired) electrons. The maximum Gasteiger partial charge on any atom is 0.0615 e. The van der Waals surface area contributed by atoms with Gasteiger partial charge in [0.2, 0.25) is 0 Å². The lowest BCUT2D eigenvalue weighted by Crippen LogP contribution is -2.19. The molecule has 1 nitrogen and oxygen atoms in total. The maximum absolute atomic E-state index is 2.59. The van der Waals surface area contributed by atoms with E-state index in [2.05, 4.69) is 157 Å². The van der Waals surface area contributed by atoms with Gasteiger partial charge in [0.25, 0.3) is 0 Å². The van der Waals surface area contributed by atoms with Crippen LogP contribution in [0.25, 0.3) is 48.7 Å². The molecule has 0 bridgehead atoms. The number of anilines is 2. The molecule has 194 valence electrons. The van der Waals surface area contributed by atoms with Gasteiger partial charge in [-0.25, -0.2) is 0 Å². The van der Waals surface area contributed by atoms with Crippen molar-refractivity contribution in [1.29, 1.82) is 0 Å². The Kier molecular flexibility index (Phi) is 5.67. The first-order valence-electron chi connectivity index (χ1n) is 14.4. The summed E-state index contributed by atoms with van der Waals surface area (Å²) in [7, 11) is 0. The van der Waals surface area contributed by atoms with Crippen LogP contribution in [0.2, 0.25) is 0 Å². The van der Waals surface area contributed by atoms with Crippen molar-refractivity contribution in [3.63, 3.8) is 0 Å². The zero-order chi connectivity index (χ0) is 27.2. The van der Waals surface area contributed by atoms with Crippen molar-refractivity contribution in [2.24, 2.45) is 0 Å². The van der Waals surface area contributed by atoms with Crippen molar-refractivity contribution >= 4 is 60.0 Å². The summed E-state index contributed by atoms with van der Waals surface area (Å²) in [5.74, 6) is 0. The number of allylic oxidation sites excluding steroid dienone is 4. The highest BCUT2D eigenvalue weighted by molar-refractivity contribution is 6.19. The molecule has 0 aliphatic heterocycles. The van der Waals surface area contributed by atoms with Crippen LogP contribution in [0, 0.1) is 0 Å². The summed E-state index contributed by atoms with van der Waals surface area (Å²) in [6.45, 7) is 0. The highest BCUT2D eigenvalue weighted by atomic mass is 15.2. The van der Waals surface area contributed by atoms with Gasteiger partial charge in [0.1, 0.15) is 0 Å². The Morgan fingerprint density at radius 2 is 0.805 bits per heavy atom. The number of benzene rings is 7. The lowest BCUT2D eigenvalue weighted by Gasteiger charge is -2.34. The molecule has 41 heavy (non-hydrogen) atoms. The van der Waals surface area contributed by atoms with Gasteiger partial charge in [-0.2, -0.15) is 0 Å². The van der Waals surface area contributed by atoms with Crippen molar-refractivity contribution in [2.45, 2.75) is 12.8 Å². The first-order valence-corrected chi connectivity index (χ1v) is 14.4. The summed E-state index contributed by atoms with van der Waals surface area (Å²) in [5.41, 5.74) is 6.51. The van der Waals surface area contributed by atoms with Crippen LogP contribution in [0.15, 0.2) is 157 Å². The molecular weight excluding hydrogens is 494 g/mol. The van der Waals surface area contributed by atoms with Gasteiger partial charge < -0.3 is 4.90 Å². The van der Waals surface area contributed by atoms with Crippen molar-refractivity contribution < 1.29 is 0 Å². The van der Waals surface area contributed by atoms with Gasteiger partial charge in [-0.05, 0) is 63.7 Å². The number of nitrogens with zero attached hydrogens (tertiary/aromatic N) is 1. The van der Waals surface area contributed by atoms with Crippen LogP contribution < -0.4 is 4.90 Å². The van der Waals surface area contributed by atoms with Gasteiger partial charge in [-0.15, -0.1) is 0 Å². The molecule has 0 heterocycles. The normalized spacial score (nSPS) is 13.5. The summed E-state index contributed by atoms with van der Waals surface area (Å²) in [6.07, 6.45) is 6.65. The van der Waals surface area contributed by atoms with Crippen molar-refractivity contribution in [1.82, 2.24) is 0 Å².